The molecule has 2 heteroatoms. The first kappa shape index (κ1) is 14.3. The summed E-state index contributed by atoms with van der Waals surface area (Å²) in [5.41, 5.74) is 3.23. The molecule has 2 aromatic carbocycles. The van der Waals surface area contributed by atoms with Crippen LogP contribution in [0.5, 0.6) is 0 Å². The Morgan fingerprint density at radius 2 is 1.62 bits per heavy atom. The lowest BCUT2D eigenvalue weighted by atomic mass is 9.91. The zero-order chi connectivity index (χ0) is 14.7. The molecule has 1 saturated carbocycles. The highest BCUT2D eigenvalue weighted by atomic mass is 16.3. The molecule has 110 valence electrons. The molecule has 0 bridgehead atoms. The van der Waals surface area contributed by atoms with Gasteiger partial charge in [-0.1, -0.05) is 54.6 Å². The van der Waals surface area contributed by atoms with Gasteiger partial charge in [0.15, 0.2) is 0 Å². The normalized spacial score (nSPS) is 17.4. The van der Waals surface area contributed by atoms with Crippen molar-refractivity contribution in [3.05, 3.63) is 60.2 Å². The number of hydrogen-bond donors (Lipinski definition) is 2. The van der Waals surface area contributed by atoms with Crippen molar-refractivity contribution in [2.24, 2.45) is 5.92 Å². The van der Waals surface area contributed by atoms with Gasteiger partial charge in [-0.2, -0.15) is 0 Å². The largest absolute Gasteiger partial charge is 0.394 e. The molecule has 1 aliphatic rings. The van der Waals surface area contributed by atoms with Gasteiger partial charge in [-0.05, 0) is 48.9 Å². The van der Waals surface area contributed by atoms with Gasteiger partial charge < -0.3 is 10.4 Å². The van der Waals surface area contributed by atoms with Gasteiger partial charge in [0.1, 0.15) is 0 Å². The first-order chi connectivity index (χ1) is 10.2. The van der Waals surface area contributed by atoms with Crippen LogP contribution >= 0.6 is 0 Å². The van der Waals surface area contributed by atoms with Crippen molar-refractivity contribution in [3.63, 3.8) is 0 Å². The number of nitrogens with one attached hydrogen (secondary N) is 1. The van der Waals surface area contributed by atoms with E-state index < -0.39 is 0 Å². The molecule has 3 rings (SSSR count). The van der Waals surface area contributed by atoms with Crippen molar-refractivity contribution in [3.8, 4) is 11.1 Å². The lowest BCUT2D eigenvalue weighted by Crippen LogP contribution is -2.43. The van der Waals surface area contributed by atoms with Crippen molar-refractivity contribution in [1.82, 2.24) is 5.32 Å². The summed E-state index contributed by atoms with van der Waals surface area (Å²) in [5.74, 6) is 0.805. The Hall–Kier alpha value is -1.64. The molecule has 2 aromatic rings. The molecule has 0 aromatic heterocycles. The quantitative estimate of drug-likeness (QED) is 0.848. The average molecular weight is 281 g/mol. The Kier molecular flexibility index (Phi) is 4.09. The molecule has 2 N–H and O–H groups in total. The maximum atomic E-state index is 9.80. The van der Waals surface area contributed by atoms with Crippen LogP contribution in [-0.2, 0) is 5.54 Å². The van der Waals surface area contributed by atoms with Crippen molar-refractivity contribution >= 4 is 0 Å². The second-order valence-corrected chi connectivity index (χ2v) is 6.26. The minimum absolute atomic E-state index is 0.115. The molecule has 1 fully saturated rings. The first-order valence-corrected chi connectivity index (χ1v) is 7.73. The van der Waals surface area contributed by atoms with E-state index in [0.29, 0.717) is 0 Å². The number of aliphatic hydroxyl groups excluding tert-OH is 1. The lowest BCUT2D eigenvalue weighted by Gasteiger charge is -2.30. The van der Waals surface area contributed by atoms with Gasteiger partial charge in [0.25, 0.3) is 0 Å². The molecule has 0 heterocycles. The van der Waals surface area contributed by atoms with E-state index in [1.54, 1.807) is 0 Å². The van der Waals surface area contributed by atoms with Gasteiger partial charge in [0.2, 0.25) is 0 Å². The molecule has 0 spiro atoms. The second kappa shape index (κ2) is 6.00. The smallest absolute Gasteiger partial charge is 0.0652 e. The number of benzene rings is 2. The second-order valence-electron chi connectivity index (χ2n) is 6.26. The molecule has 2 nitrogen and oxygen atoms in total. The van der Waals surface area contributed by atoms with Gasteiger partial charge in [-0.3, -0.25) is 0 Å². The maximum absolute atomic E-state index is 9.80. The summed E-state index contributed by atoms with van der Waals surface area (Å²) in [7, 11) is 0. The first-order valence-electron chi connectivity index (χ1n) is 7.73. The van der Waals surface area contributed by atoms with E-state index in [0.717, 1.165) is 18.0 Å². The third kappa shape index (κ3) is 3.34. The molecule has 1 aliphatic carbocycles. The summed E-state index contributed by atoms with van der Waals surface area (Å²) in [6.07, 6.45) is 2.64. The third-order valence-electron chi connectivity index (χ3n) is 4.42. The number of hydrogen-bond acceptors (Lipinski definition) is 2. The van der Waals surface area contributed by atoms with E-state index >= 15 is 0 Å². The summed E-state index contributed by atoms with van der Waals surface area (Å²) in [4.78, 5) is 0. The molecule has 1 atom stereocenters. The van der Waals surface area contributed by atoms with E-state index in [9.17, 15) is 5.11 Å². The van der Waals surface area contributed by atoms with E-state index in [4.69, 9.17) is 0 Å². The third-order valence-corrected chi connectivity index (χ3v) is 4.42. The molecule has 0 saturated heterocycles. The topological polar surface area (TPSA) is 32.3 Å². The maximum Gasteiger partial charge on any atom is 0.0652 e. The van der Waals surface area contributed by atoms with Gasteiger partial charge >= 0.3 is 0 Å². The van der Waals surface area contributed by atoms with Gasteiger partial charge in [-0.25, -0.2) is 0 Å². The van der Waals surface area contributed by atoms with Gasteiger partial charge in [0, 0.05) is 0 Å². The minimum Gasteiger partial charge on any atom is -0.394 e. The van der Waals surface area contributed by atoms with E-state index in [2.05, 4.69) is 60.8 Å². The minimum atomic E-state index is -0.349. The van der Waals surface area contributed by atoms with Crippen LogP contribution in [0.2, 0.25) is 0 Å². The molecular weight excluding hydrogens is 258 g/mol. The summed E-state index contributed by atoms with van der Waals surface area (Å²) in [6, 6.07) is 18.9. The van der Waals surface area contributed by atoms with Crippen molar-refractivity contribution in [2.75, 3.05) is 13.2 Å². The van der Waals surface area contributed by atoms with Crippen LogP contribution in [0.15, 0.2) is 54.6 Å². The fourth-order valence-corrected chi connectivity index (χ4v) is 2.60. The summed E-state index contributed by atoms with van der Waals surface area (Å²) in [5, 5.41) is 13.3. The monoisotopic (exact) mass is 281 g/mol. The Morgan fingerprint density at radius 1 is 1.00 bits per heavy atom. The van der Waals surface area contributed by atoms with Crippen molar-refractivity contribution < 1.29 is 5.11 Å². The van der Waals surface area contributed by atoms with Gasteiger partial charge in [-0.15, -0.1) is 0 Å². The van der Waals surface area contributed by atoms with E-state index in [1.807, 2.05) is 6.07 Å². The fourth-order valence-electron chi connectivity index (χ4n) is 2.60. The van der Waals surface area contributed by atoms with Crippen LogP contribution in [0.1, 0.15) is 25.3 Å². The molecule has 0 amide bonds. The van der Waals surface area contributed by atoms with Crippen molar-refractivity contribution in [1.29, 1.82) is 0 Å². The van der Waals surface area contributed by atoms with Crippen molar-refractivity contribution in [2.45, 2.75) is 25.3 Å². The molecule has 1 unspecified atom stereocenters. The standard InChI is InChI=1S/C19H23NO/c1-19(14-21,20-13-15-7-8-15)18-11-9-17(10-12-18)16-5-3-2-4-6-16/h2-6,9-12,15,20-21H,7-8,13-14H2,1H3. The Balaban J connectivity index is 1.78. The SMILES string of the molecule is CC(CO)(NCC1CC1)c1ccc(-c2ccccc2)cc1. The van der Waals surface area contributed by atoms with Crippen LogP contribution in [0.4, 0.5) is 0 Å². The van der Waals surface area contributed by atoms with Crippen LogP contribution < -0.4 is 5.32 Å². The van der Waals surface area contributed by atoms with Crippen LogP contribution in [0, 0.1) is 5.92 Å². The fraction of sp³-hybridized carbons (Fsp3) is 0.368. The van der Waals surface area contributed by atoms with Gasteiger partial charge in [0.05, 0.1) is 12.1 Å². The summed E-state index contributed by atoms with van der Waals surface area (Å²) in [6.45, 7) is 3.19. The Bertz CT molecular complexity index is 574. The molecule has 0 radical (unpaired) electrons. The number of rotatable bonds is 6. The van der Waals surface area contributed by atoms with E-state index in [-0.39, 0.29) is 12.1 Å². The zero-order valence-corrected chi connectivity index (χ0v) is 12.5. The predicted molar refractivity (Wildman–Crippen MR) is 87.0 cm³/mol. The van der Waals surface area contributed by atoms with Crippen LogP contribution in [0.3, 0.4) is 0 Å². The lowest BCUT2D eigenvalue weighted by molar-refractivity contribution is 0.174. The highest BCUT2D eigenvalue weighted by Crippen LogP contribution is 2.30. The highest BCUT2D eigenvalue weighted by molar-refractivity contribution is 5.63. The molecular formula is C19H23NO. The predicted octanol–water partition coefficient (Wildman–Crippen LogP) is 3.56. The van der Waals surface area contributed by atoms with Crippen LogP contribution in [-0.4, -0.2) is 18.3 Å². The summed E-state index contributed by atoms with van der Waals surface area (Å²) < 4.78 is 0. The Morgan fingerprint density at radius 3 is 2.19 bits per heavy atom. The summed E-state index contributed by atoms with van der Waals surface area (Å²) >= 11 is 0. The molecule has 21 heavy (non-hydrogen) atoms. The zero-order valence-electron chi connectivity index (χ0n) is 12.5. The highest BCUT2D eigenvalue weighted by Gasteiger charge is 2.29. The van der Waals surface area contributed by atoms with Crippen LogP contribution in [0.25, 0.3) is 11.1 Å². The Labute approximate surface area is 126 Å². The average Bonchev–Trinajstić information content (AvgIpc) is 3.38. The van der Waals surface area contributed by atoms with E-state index in [1.165, 1.54) is 24.0 Å². The number of aliphatic hydroxyl groups is 1. The molecule has 0 aliphatic heterocycles.